The number of hydrogen-bond donors (Lipinski definition) is 2. The molecule has 0 bridgehead atoms. The molecule has 1 aromatic carbocycles. The number of ether oxygens (including phenoxy) is 2. The lowest BCUT2D eigenvalue weighted by atomic mass is 10.1. The number of nitrogens with one attached hydrogen (secondary N) is 2. The van der Waals surface area contributed by atoms with Crippen LogP contribution in [0.25, 0.3) is 0 Å². The van der Waals surface area contributed by atoms with Crippen LogP contribution < -0.4 is 19.5 Å². The van der Waals surface area contributed by atoms with Gasteiger partial charge in [-0.3, -0.25) is 0 Å². The molecule has 0 spiro atoms. The first-order valence-corrected chi connectivity index (χ1v) is 8.11. The van der Waals surface area contributed by atoms with Crippen LogP contribution in [-0.4, -0.2) is 41.8 Å². The molecule has 0 aliphatic carbocycles. The fraction of sp³-hybridized carbons (Fsp3) is 0.538. The lowest BCUT2D eigenvalue weighted by molar-refractivity contribution is 0.350. The Morgan fingerprint density at radius 3 is 2.45 bits per heavy atom. The summed E-state index contributed by atoms with van der Waals surface area (Å²) < 4.78 is 51.1. The summed E-state index contributed by atoms with van der Waals surface area (Å²) in [5.41, 5.74) is 0. The second kappa shape index (κ2) is 7.96. The molecule has 1 heterocycles. The number of piperidine rings is 1. The minimum absolute atomic E-state index is 0. The monoisotopic (exact) mass is 354 g/mol. The Labute approximate surface area is 135 Å². The van der Waals surface area contributed by atoms with Crippen molar-refractivity contribution >= 4 is 22.4 Å². The van der Waals surface area contributed by atoms with Crippen molar-refractivity contribution < 1.29 is 22.3 Å². The van der Waals surface area contributed by atoms with E-state index in [1.807, 2.05) is 0 Å². The second-order valence-electron chi connectivity index (χ2n) is 4.80. The van der Waals surface area contributed by atoms with E-state index in [4.69, 9.17) is 9.47 Å². The lowest BCUT2D eigenvalue weighted by Gasteiger charge is -2.23. The highest BCUT2D eigenvalue weighted by Crippen LogP contribution is 2.31. The maximum atomic E-state index is 14.0. The van der Waals surface area contributed by atoms with Crippen molar-refractivity contribution in [1.82, 2.24) is 10.0 Å². The van der Waals surface area contributed by atoms with Crippen molar-refractivity contribution in [3.8, 4) is 11.5 Å². The molecule has 0 aromatic heterocycles. The highest BCUT2D eigenvalue weighted by atomic mass is 35.5. The Hall–Kier alpha value is -1.09. The minimum atomic E-state index is -3.95. The van der Waals surface area contributed by atoms with Gasteiger partial charge in [0.05, 0.1) is 14.2 Å². The SMILES string of the molecule is COc1cc(F)c(S(=O)(=O)N[C@@H]2CCCNC2)cc1OC.Cl. The maximum absolute atomic E-state index is 14.0. The van der Waals surface area contributed by atoms with Gasteiger partial charge in [0, 0.05) is 24.7 Å². The predicted molar refractivity (Wildman–Crippen MR) is 83.0 cm³/mol. The highest BCUT2D eigenvalue weighted by molar-refractivity contribution is 7.89. The summed E-state index contributed by atoms with van der Waals surface area (Å²) in [7, 11) is -1.22. The smallest absolute Gasteiger partial charge is 0.243 e. The summed E-state index contributed by atoms with van der Waals surface area (Å²) in [6.45, 7) is 1.40. The molecular weight excluding hydrogens is 335 g/mol. The summed E-state index contributed by atoms with van der Waals surface area (Å²) >= 11 is 0. The van der Waals surface area contributed by atoms with Crippen LogP contribution in [0.1, 0.15) is 12.8 Å². The van der Waals surface area contributed by atoms with E-state index in [1.54, 1.807) is 0 Å². The third kappa shape index (κ3) is 4.22. The molecule has 126 valence electrons. The average Bonchev–Trinajstić information content (AvgIpc) is 2.47. The van der Waals surface area contributed by atoms with Crippen LogP contribution in [0.3, 0.4) is 0 Å². The van der Waals surface area contributed by atoms with Gasteiger partial charge in [-0.05, 0) is 19.4 Å². The number of halogens is 2. The Bertz CT molecular complexity index is 606. The van der Waals surface area contributed by atoms with E-state index >= 15 is 0 Å². The molecule has 2 N–H and O–H groups in total. The summed E-state index contributed by atoms with van der Waals surface area (Å²) in [6, 6.07) is 1.90. The fourth-order valence-electron chi connectivity index (χ4n) is 2.28. The van der Waals surface area contributed by atoms with Gasteiger partial charge in [0.25, 0.3) is 0 Å². The molecule has 1 fully saturated rings. The van der Waals surface area contributed by atoms with Crippen LogP contribution in [0.5, 0.6) is 11.5 Å². The van der Waals surface area contributed by atoms with E-state index in [0.717, 1.165) is 31.5 Å². The van der Waals surface area contributed by atoms with Gasteiger partial charge in [-0.25, -0.2) is 17.5 Å². The molecule has 9 heteroatoms. The molecule has 0 saturated carbocycles. The molecule has 0 amide bonds. The molecule has 22 heavy (non-hydrogen) atoms. The first-order valence-electron chi connectivity index (χ1n) is 6.62. The normalized spacial score (nSPS) is 18.4. The van der Waals surface area contributed by atoms with Gasteiger partial charge in [-0.1, -0.05) is 0 Å². The van der Waals surface area contributed by atoms with Crippen LogP contribution in [0.15, 0.2) is 17.0 Å². The van der Waals surface area contributed by atoms with Gasteiger partial charge in [0.2, 0.25) is 10.0 Å². The van der Waals surface area contributed by atoms with Gasteiger partial charge in [-0.15, -0.1) is 12.4 Å². The first-order chi connectivity index (χ1) is 9.97. The summed E-state index contributed by atoms with van der Waals surface area (Å²) in [6.07, 6.45) is 1.60. The Morgan fingerprint density at radius 1 is 1.27 bits per heavy atom. The summed E-state index contributed by atoms with van der Waals surface area (Å²) in [5, 5.41) is 3.10. The zero-order chi connectivity index (χ0) is 15.5. The predicted octanol–water partition coefficient (Wildman–Crippen LogP) is 1.29. The van der Waals surface area contributed by atoms with Crippen LogP contribution in [0.2, 0.25) is 0 Å². The van der Waals surface area contributed by atoms with E-state index in [0.29, 0.717) is 6.54 Å². The third-order valence-corrected chi connectivity index (χ3v) is 4.88. The zero-order valence-electron chi connectivity index (χ0n) is 12.4. The topological polar surface area (TPSA) is 76.7 Å². The zero-order valence-corrected chi connectivity index (χ0v) is 14.0. The molecule has 1 aliphatic heterocycles. The number of benzene rings is 1. The number of methoxy groups -OCH3 is 2. The van der Waals surface area contributed by atoms with Crippen LogP contribution in [0.4, 0.5) is 4.39 Å². The van der Waals surface area contributed by atoms with Crippen LogP contribution in [0, 0.1) is 5.82 Å². The van der Waals surface area contributed by atoms with Crippen LogP contribution >= 0.6 is 12.4 Å². The number of sulfonamides is 1. The van der Waals surface area contributed by atoms with Crippen molar-refractivity contribution in [1.29, 1.82) is 0 Å². The fourth-order valence-corrected chi connectivity index (χ4v) is 3.62. The van der Waals surface area contributed by atoms with Crippen molar-refractivity contribution in [2.45, 2.75) is 23.8 Å². The average molecular weight is 355 g/mol. The molecule has 1 aliphatic rings. The van der Waals surface area contributed by atoms with E-state index < -0.39 is 20.7 Å². The van der Waals surface area contributed by atoms with Gasteiger partial charge in [-0.2, -0.15) is 0 Å². The Balaban J connectivity index is 0.00000242. The number of rotatable bonds is 5. The Morgan fingerprint density at radius 2 is 1.91 bits per heavy atom. The van der Waals surface area contributed by atoms with Crippen molar-refractivity contribution in [2.75, 3.05) is 27.3 Å². The van der Waals surface area contributed by atoms with E-state index in [1.165, 1.54) is 14.2 Å². The quantitative estimate of drug-likeness (QED) is 0.833. The highest BCUT2D eigenvalue weighted by Gasteiger charge is 2.26. The molecule has 1 saturated heterocycles. The second-order valence-corrected chi connectivity index (χ2v) is 6.48. The molecule has 2 rings (SSSR count). The Kier molecular flexibility index (Phi) is 6.86. The van der Waals surface area contributed by atoms with E-state index in [-0.39, 0.29) is 29.9 Å². The molecule has 0 radical (unpaired) electrons. The van der Waals surface area contributed by atoms with Gasteiger partial charge in [0.15, 0.2) is 11.5 Å². The molecular formula is C13H20ClFN2O4S. The summed E-state index contributed by atoms with van der Waals surface area (Å²) in [5.74, 6) is -0.557. The number of hydrogen-bond acceptors (Lipinski definition) is 5. The van der Waals surface area contributed by atoms with Crippen LogP contribution in [-0.2, 0) is 10.0 Å². The van der Waals surface area contributed by atoms with Gasteiger partial charge in [0.1, 0.15) is 10.7 Å². The van der Waals surface area contributed by atoms with Gasteiger partial charge < -0.3 is 14.8 Å². The minimum Gasteiger partial charge on any atom is -0.493 e. The van der Waals surface area contributed by atoms with Crippen molar-refractivity contribution in [2.24, 2.45) is 0 Å². The first kappa shape index (κ1) is 19.0. The molecule has 1 atom stereocenters. The summed E-state index contributed by atoms with van der Waals surface area (Å²) in [4.78, 5) is -0.439. The maximum Gasteiger partial charge on any atom is 0.243 e. The van der Waals surface area contributed by atoms with E-state index in [2.05, 4.69) is 10.0 Å². The largest absolute Gasteiger partial charge is 0.493 e. The molecule has 1 aromatic rings. The standard InChI is InChI=1S/C13H19FN2O4S.ClH/c1-19-11-6-10(14)13(7-12(11)20-2)21(17,18)16-9-4-3-5-15-8-9;/h6-7,9,15-16H,3-5,8H2,1-2H3;1H/t9-;/m1./s1. The molecule has 6 nitrogen and oxygen atoms in total. The lowest BCUT2D eigenvalue weighted by Crippen LogP contribution is -2.45. The van der Waals surface area contributed by atoms with E-state index in [9.17, 15) is 12.8 Å². The van der Waals surface area contributed by atoms with Gasteiger partial charge >= 0.3 is 0 Å². The third-order valence-electron chi connectivity index (χ3n) is 3.35. The van der Waals surface area contributed by atoms with Crippen molar-refractivity contribution in [3.63, 3.8) is 0 Å². The molecule has 0 unspecified atom stereocenters. The van der Waals surface area contributed by atoms with Crippen molar-refractivity contribution in [3.05, 3.63) is 17.9 Å².